The highest BCUT2D eigenvalue weighted by atomic mass is 32.1. The zero-order chi connectivity index (χ0) is 11.8. The molecule has 1 aromatic rings. The lowest BCUT2D eigenvalue weighted by atomic mass is 10.0. The van der Waals surface area contributed by atoms with Crippen LogP contribution >= 0.6 is 12.2 Å². The number of hydrogen-bond acceptors (Lipinski definition) is 1. The number of anilines is 1. The molecule has 2 nitrogen and oxygen atoms in total. The van der Waals surface area contributed by atoms with Gasteiger partial charge < -0.3 is 5.32 Å². The van der Waals surface area contributed by atoms with Gasteiger partial charge in [-0.15, -0.1) is 0 Å². The van der Waals surface area contributed by atoms with Crippen LogP contribution < -0.4 is 10.2 Å². The Morgan fingerprint density at radius 3 is 2.62 bits per heavy atom. The average molecular weight is 236 g/mol. The van der Waals surface area contributed by atoms with Crippen LogP contribution in [0.3, 0.4) is 0 Å². The minimum atomic E-state index is -0.281. The zero-order valence-electron chi connectivity index (χ0n) is 9.20. The summed E-state index contributed by atoms with van der Waals surface area (Å²) in [6.45, 7) is 4.02. The van der Waals surface area contributed by atoms with E-state index in [4.69, 9.17) is 12.2 Å². The fraction of sp³-hybridized carbons (Fsp3) is 0.250. The molecule has 0 amide bonds. The van der Waals surface area contributed by atoms with Crippen molar-refractivity contribution in [1.29, 1.82) is 0 Å². The third kappa shape index (κ3) is 2.07. The molecule has 0 unspecified atom stereocenters. The number of rotatable bonds is 1. The molecule has 0 fully saturated rings. The van der Waals surface area contributed by atoms with Crippen LogP contribution in [-0.2, 0) is 0 Å². The van der Waals surface area contributed by atoms with E-state index in [2.05, 4.69) is 5.32 Å². The molecular weight excluding hydrogens is 223 g/mol. The molecule has 1 aliphatic heterocycles. The summed E-state index contributed by atoms with van der Waals surface area (Å²) < 4.78 is 13.6. The predicted molar refractivity (Wildman–Crippen MR) is 67.8 cm³/mol. The van der Waals surface area contributed by atoms with Gasteiger partial charge in [-0.25, -0.2) is 4.39 Å². The minimum Gasteiger partial charge on any atom is -0.354 e. The number of nitrogens with one attached hydrogen (secondary N) is 1. The quantitative estimate of drug-likeness (QED) is 0.755. The highest BCUT2D eigenvalue weighted by molar-refractivity contribution is 7.80. The maximum atomic E-state index is 13.6. The van der Waals surface area contributed by atoms with Crippen LogP contribution in [0.25, 0.3) is 0 Å². The lowest BCUT2D eigenvalue weighted by molar-refractivity contribution is 0.564. The molecule has 1 N–H and O–H groups in total. The number of hydrogen-bond donors (Lipinski definition) is 1. The van der Waals surface area contributed by atoms with Gasteiger partial charge >= 0.3 is 0 Å². The lowest BCUT2D eigenvalue weighted by Gasteiger charge is -2.34. The van der Waals surface area contributed by atoms with Gasteiger partial charge in [0.05, 0.1) is 11.2 Å². The molecule has 0 radical (unpaired) electrons. The number of para-hydroxylation sites is 1. The average Bonchev–Trinajstić information content (AvgIpc) is 2.18. The molecule has 0 bridgehead atoms. The molecule has 84 valence electrons. The zero-order valence-corrected chi connectivity index (χ0v) is 10.0. The van der Waals surface area contributed by atoms with Crippen molar-refractivity contribution in [3.8, 4) is 0 Å². The van der Waals surface area contributed by atoms with E-state index in [1.165, 1.54) is 6.07 Å². The van der Waals surface area contributed by atoms with Gasteiger partial charge in [0.25, 0.3) is 0 Å². The van der Waals surface area contributed by atoms with E-state index < -0.39 is 0 Å². The summed E-state index contributed by atoms with van der Waals surface area (Å²) >= 11 is 5.21. The van der Waals surface area contributed by atoms with Crippen LogP contribution in [0.15, 0.2) is 36.5 Å². The van der Waals surface area contributed by atoms with Crippen molar-refractivity contribution in [2.45, 2.75) is 19.4 Å². The van der Waals surface area contributed by atoms with E-state index in [0.29, 0.717) is 10.8 Å². The second kappa shape index (κ2) is 3.87. The molecule has 0 aliphatic carbocycles. The van der Waals surface area contributed by atoms with E-state index in [-0.39, 0.29) is 11.4 Å². The van der Waals surface area contributed by atoms with Gasteiger partial charge in [0.15, 0.2) is 5.11 Å². The van der Waals surface area contributed by atoms with Crippen LogP contribution in [0.2, 0.25) is 0 Å². The normalized spacial score (nSPS) is 18.4. The molecule has 1 aliphatic rings. The SMILES string of the molecule is CC1(C)C=CN(c2ccccc2F)C(=S)N1. The monoisotopic (exact) mass is 236 g/mol. The number of thiocarbonyl (C=S) groups is 1. The van der Waals surface area contributed by atoms with Gasteiger partial charge in [-0.3, -0.25) is 4.90 Å². The van der Waals surface area contributed by atoms with Crippen molar-refractivity contribution in [1.82, 2.24) is 5.32 Å². The first kappa shape index (κ1) is 11.1. The molecule has 0 saturated heterocycles. The third-order valence-electron chi connectivity index (χ3n) is 2.40. The van der Waals surface area contributed by atoms with Crippen molar-refractivity contribution < 1.29 is 4.39 Å². The summed E-state index contributed by atoms with van der Waals surface area (Å²) in [7, 11) is 0. The van der Waals surface area contributed by atoms with E-state index in [1.54, 1.807) is 29.3 Å². The first-order chi connectivity index (χ1) is 7.49. The van der Waals surface area contributed by atoms with Crippen LogP contribution in [-0.4, -0.2) is 10.7 Å². The topological polar surface area (TPSA) is 15.3 Å². The minimum absolute atomic E-state index is 0.182. The Balaban J connectivity index is 2.37. The number of halogens is 1. The van der Waals surface area contributed by atoms with E-state index >= 15 is 0 Å². The standard InChI is InChI=1S/C12H13FN2S/c1-12(2)7-8-15(11(16)14-12)10-6-4-3-5-9(10)13/h3-8H,1-2H3,(H,14,16). The van der Waals surface area contributed by atoms with Crippen LogP contribution in [0.5, 0.6) is 0 Å². The molecule has 0 spiro atoms. The number of benzene rings is 1. The van der Waals surface area contributed by atoms with Crippen molar-refractivity contribution in [3.63, 3.8) is 0 Å². The van der Waals surface area contributed by atoms with Gasteiger partial charge in [0.2, 0.25) is 0 Å². The smallest absolute Gasteiger partial charge is 0.178 e. The first-order valence-corrected chi connectivity index (χ1v) is 5.46. The Morgan fingerprint density at radius 2 is 2.00 bits per heavy atom. The van der Waals surface area contributed by atoms with Crippen molar-refractivity contribution >= 4 is 23.0 Å². The highest BCUT2D eigenvalue weighted by Gasteiger charge is 2.24. The Hall–Kier alpha value is -1.42. The largest absolute Gasteiger partial charge is 0.354 e. The van der Waals surface area contributed by atoms with Gasteiger partial charge in [0.1, 0.15) is 5.82 Å². The Kier molecular flexibility index (Phi) is 2.68. The second-order valence-corrected chi connectivity index (χ2v) is 4.68. The molecular formula is C12H13FN2S. The summed E-state index contributed by atoms with van der Waals surface area (Å²) in [6, 6.07) is 6.57. The van der Waals surface area contributed by atoms with E-state index in [1.807, 2.05) is 19.9 Å². The van der Waals surface area contributed by atoms with Gasteiger partial charge in [-0.2, -0.15) is 0 Å². The second-order valence-electron chi connectivity index (χ2n) is 4.29. The summed E-state index contributed by atoms with van der Waals surface area (Å²) in [5.74, 6) is -0.281. The Morgan fingerprint density at radius 1 is 1.31 bits per heavy atom. The number of nitrogens with zero attached hydrogens (tertiary/aromatic N) is 1. The summed E-state index contributed by atoms with van der Waals surface area (Å²) in [4.78, 5) is 1.63. The molecule has 1 aromatic carbocycles. The van der Waals surface area contributed by atoms with Gasteiger partial charge in [-0.05, 0) is 44.3 Å². The molecule has 0 atom stereocenters. The molecule has 1 heterocycles. The van der Waals surface area contributed by atoms with Gasteiger partial charge in [0, 0.05) is 6.20 Å². The van der Waals surface area contributed by atoms with Crippen LogP contribution in [0, 0.1) is 5.82 Å². The third-order valence-corrected chi connectivity index (χ3v) is 2.70. The maximum Gasteiger partial charge on any atom is 0.178 e. The van der Waals surface area contributed by atoms with Crippen molar-refractivity contribution in [2.24, 2.45) is 0 Å². The molecule has 16 heavy (non-hydrogen) atoms. The molecule has 2 rings (SSSR count). The van der Waals surface area contributed by atoms with Crippen molar-refractivity contribution in [3.05, 3.63) is 42.4 Å². The van der Waals surface area contributed by atoms with Crippen LogP contribution in [0.4, 0.5) is 10.1 Å². The molecule has 0 saturated carbocycles. The predicted octanol–water partition coefficient (Wildman–Crippen LogP) is 2.81. The van der Waals surface area contributed by atoms with Crippen molar-refractivity contribution in [2.75, 3.05) is 4.90 Å². The fourth-order valence-electron chi connectivity index (χ4n) is 1.54. The highest BCUT2D eigenvalue weighted by Crippen LogP contribution is 2.23. The summed E-state index contributed by atoms with van der Waals surface area (Å²) in [5.41, 5.74) is 0.283. The summed E-state index contributed by atoms with van der Waals surface area (Å²) in [6.07, 6.45) is 3.76. The Labute approximate surface area is 99.8 Å². The van der Waals surface area contributed by atoms with Crippen LogP contribution in [0.1, 0.15) is 13.8 Å². The molecule has 4 heteroatoms. The Bertz CT molecular complexity index is 454. The summed E-state index contributed by atoms with van der Waals surface area (Å²) in [5, 5.41) is 3.65. The fourth-order valence-corrected chi connectivity index (χ4v) is 1.97. The van der Waals surface area contributed by atoms with E-state index in [0.717, 1.165) is 0 Å². The maximum absolute atomic E-state index is 13.6. The molecule has 0 aromatic heterocycles. The van der Waals surface area contributed by atoms with E-state index in [9.17, 15) is 4.39 Å². The first-order valence-electron chi connectivity index (χ1n) is 5.05. The lowest BCUT2D eigenvalue weighted by Crippen LogP contribution is -2.51. The van der Waals surface area contributed by atoms with Gasteiger partial charge in [-0.1, -0.05) is 12.1 Å².